The molecule has 0 aliphatic rings. The molecule has 2 aromatic rings. The van der Waals surface area contributed by atoms with Gasteiger partial charge in [0, 0.05) is 25.8 Å². The second-order valence-corrected chi connectivity index (χ2v) is 9.17. The highest BCUT2D eigenvalue weighted by molar-refractivity contribution is 7.89. The molecule has 0 atom stereocenters. The number of anilines is 1. The number of hydrogen-bond donors (Lipinski definition) is 1. The number of carbonyl (C=O) groups excluding carboxylic acids is 1. The number of hydrogen-bond acceptors (Lipinski definition) is 4. The highest BCUT2D eigenvalue weighted by Gasteiger charge is 2.19. The van der Waals surface area contributed by atoms with Crippen molar-refractivity contribution in [3.63, 3.8) is 0 Å². The topological polar surface area (TPSA) is 75.7 Å². The first-order chi connectivity index (χ1) is 12.5. The Morgan fingerprint density at radius 3 is 2.33 bits per heavy atom. The molecule has 1 N–H and O–H groups in total. The van der Waals surface area contributed by atoms with E-state index in [0.717, 1.165) is 4.31 Å². The second kappa shape index (κ2) is 8.67. The van der Waals surface area contributed by atoms with Crippen molar-refractivity contribution >= 4 is 56.4 Å². The summed E-state index contributed by atoms with van der Waals surface area (Å²) >= 11 is 17.7. The molecule has 0 radical (unpaired) electrons. The average molecular weight is 452 g/mol. The summed E-state index contributed by atoms with van der Waals surface area (Å²) in [6.07, 6.45) is 0. The van der Waals surface area contributed by atoms with E-state index in [9.17, 15) is 13.2 Å². The predicted octanol–water partition coefficient (Wildman–Crippen LogP) is 4.22. The van der Waals surface area contributed by atoms with Crippen molar-refractivity contribution in [1.82, 2.24) is 4.31 Å². The minimum atomic E-state index is -3.62. The van der Waals surface area contributed by atoms with Gasteiger partial charge < -0.3 is 10.1 Å². The number of ether oxygens (including phenoxy) is 1. The fraction of sp³-hybridized carbons (Fsp3) is 0.235. The zero-order chi connectivity index (χ0) is 20.4. The fourth-order valence-electron chi connectivity index (χ4n) is 2.05. The van der Waals surface area contributed by atoms with E-state index in [-0.39, 0.29) is 32.3 Å². The highest BCUT2D eigenvalue weighted by atomic mass is 35.5. The smallest absolute Gasteiger partial charge is 0.262 e. The number of nitrogens with zero attached hydrogens (tertiary/aromatic N) is 1. The summed E-state index contributed by atoms with van der Waals surface area (Å²) in [5.74, 6) is -0.276. The summed E-state index contributed by atoms with van der Waals surface area (Å²) in [4.78, 5) is 12.3. The summed E-state index contributed by atoms with van der Waals surface area (Å²) in [5, 5.41) is 3.36. The van der Waals surface area contributed by atoms with E-state index in [4.69, 9.17) is 39.5 Å². The lowest BCUT2D eigenvalue weighted by atomic mass is 10.2. The van der Waals surface area contributed by atoms with Crippen LogP contribution in [0.25, 0.3) is 0 Å². The summed E-state index contributed by atoms with van der Waals surface area (Å²) in [6.45, 7) is 1.40. The molecule has 2 rings (SSSR count). The van der Waals surface area contributed by atoms with Gasteiger partial charge in [-0.2, -0.15) is 0 Å². The van der Waals surface area contributed by atoms with Crippen LogP contribution in [0.2, 0.25) is 15.1 Å². The van der Waals surface area contributed by atoms with E-state index >= 15 is 0 Å². The SMILES string of the molecule is Cc1ccc(S(=O)(=O)N(C)C)cc1NC(=O)COc1cc(Cl)c(Cl)cc1Cl. The molecule has 0 saturated carbocycles. The summed E-state index contributed by atoms with van der Waals surface area (Å²) < 4.78 is 30.9. The van der Waals surface area contributed by atoms with Gasteiger partial charge in [-0.3, -0.25) is 4.79 Å². The maximum atomic E-state index is 12.2. The van der Waals surface area contributed by atoms with E-state index in [1.807, 2.05) is 0 Å². The van der Waals surface area contributed by atoms with Crippen LogP contribution in [0.1, 0.15) is 5.56 Å². The largest absolute Gasteiger partial charge is 0.482 e. The minimum absolute atomic E-state index is 0.0712. The number of carbonyl (C=O) groups is 1. The lowest BCUT2D eigenvalue weighted by Gasteiger charge is -2.15. The number of sulfonamides is 1. The number of benzene rings is 2. The average Bonchev–Trinajstić information content (AvgIpc) is 2.58. The molecule has 0 spiro atoms. The van der Waals surface area contributed by atoms with Crippen LogP contribution in [0, 0.1) is 6.92 Å². The minimum Gasteiger partial charge on any atom is -0.482 e. The van der Waals surface area contributed by atoms with Gasteiger partial charge in [-0.05, 0) is 30.7 Å². The van der Waals surface area contributed by atoms with E-state index in [0.29, 0.717) is 11.3 Å². The van der Waals surface area contributed by atoms with Crippen LogP contribution in [-0.4, -0.2) is 39.3 Å². The first kappa shape index (κ1) is 21.8. The first-order valence-corrected chi connectivity index (χ1v) is 10.2. The Hall–Kier alpha value is -1.51. The molecule has 2 aromatic carbocycles. The molecule has 146 valence electrons. The Balaban J connectivity index is 2.13. The molecule has 10 heteroatoms. The molecule has 0 heterocycles. The maximum absolute atomic E-state index is 12.2. The van der Waals surface area contributed by atoms with Crippen molar-refractivity contribution < 1.29 is 17.9 Å². The zero-order valence-electron chi connectivity index (χ0n) is 14.7. The van der Waals surface area contributed by atoms with Crippen molar-refractivity contribution in [1.29, 1.82) is 0 Å². The van der Waals surface area contributed by atoms with Crippen LogP contribution >= 0.6 is 34.8 Å². The van der Waals surface area contributed by atoms with Crippen LogP contribution in [-0.2, 0) is 14.8 Å². The standard InChI is InChI=1S/C17H17Cl3N2O4S/c1-10-4-5-11(27(24,25)22(2)3)6-15(10)21-17(23)9-26-16-8-13(19)12(18)7-14(16)20/h4-8H,9H2,1-3H3,(H,21,23). The quantitative estimate of drug-likeness (QED) is 0.667. The number of nitrogens with one attached hydrogen (secondary N) is 1. The lowest BCUT2D eigenvalue weighted by Crippen LogP contribution is -2.23. The van der Waals surface area contributed by atoms with Gasteiger partial charge in [0.2, 0.25) is 10.0 Å². The zero-order valence-corrected chi connectivity index (χ0v) is 17.8. The van der Waals surface area contributed by atoms with Crippen LogP contribution in [0.3, 0.4) is 0 Å². The molecule has 0 bridgehead atoms. The summed E-state index contributed by atoms with van der Waals surface area (Å²) in [6, 6.07) is 7.32. The molecule has 0 aromatic heterocycles. The molecule has 27 heavy (non-hydrogen) atoms. The molecule has 0 aliphatic heterocycles. The second-order valence-electron chi connectivity index (χ2n) is 5.80. The molecule has 1 amide bonds. The summed E-state index contributed by atoms with van der Waals surface area (Å²) in [5.41, 5.74) is 1.07. The van der Waals surface area contributed by atoms with Crippen LogP contribution in [0.4, 0.5) is 5.69 Å². The van der Waals surface area contributed by atoms with Crippen LogP contribution < -0.4 is 10.1 Å². The Morgan fingerprint density at radius 2 is 1.70 bits per heavy atom. The highest BCUT2D eigenvalue weighted by Crippen LogP contribution is 2.33. The maximum Gasteiger partial charge on any atom is 0.262 e. The van der Waals surface area contributed by atoms with Gasteiger partial charge in [0.1, 0.15) is 5.75 Å². The molecule has 0 saturated heterocycles. The normalized spacial score (nSPS) is 11.5. The van der Waals surface area contributed by atoms with Gasteiger partial charge >= 0.3 is 0 Å². The molecule has 0 aliphatic carbocycles. The number of amides is 1. The number of halogens is 3. The molecule has 0 fully saturated rings. The van der Waals surface area contributed by atoms with Crippen molar-refractivity contribution in [3.05, 3.63) is 51.0 Å². The van der Waals surface area contributed by atoms with Gasteiger partial charge in [-0.15, -0.1) is 0 Å². The third kappa shape index (κ3) is 5.27. The Labute approximate surface area is 173 Å². The lowest BCUT2D eigenvalue weighted by molar-refractivity contribution is -0.118. The van der Waals surface area contributed by atoms with Crippen molar-refractivity contribution in [3.8, 4) is 5.75 Å². The third-order valence-corrected chi connectivity index (χ3v) is 6.42. The molecular formula is C17H17Cl3N2O4S. The molecular weight excluding hydrogens is 435 g/mol. The van der Waals surface area contributed by atoms with Crippen LogP contribution in [0.15, 0.2) is 35.2 Å². The number of rotatable bonds is 6. The third-order valence-electron chi connectivity index (χ3n) is 3.60. The predicted molar refractivity (Wildman–Crippen MR) is 108 cm³/mol. The van der Waals surface area contributed by atoms with Crippen molar-refractivity contribution in [2.75, 3.05) is 26.0 Å². The van der Waals surface area contributed by atoms with Crippen LogP contribution in [0.5, 0.6) is 5.75 Å². The Morgan fingerprint density at radius 1 is 1.07 bits per heavy atom. The van der Waals surface area contributed by atoms with Crippen molar-refractivity contribution in [2.45, 2.75) is 11.8 Å². The molecule has 6 nitrogen and oxygen atoms in total. The van der Waals surface area contributed by atoms with Crippen molar-refractivity contribution in [2.24, 2.45) is 0 Å². The van der Waals surface area contributed by atoms with Gasteiger partial charge in [0.15, 0.2) is 6.61 Å². The van der Waals surface area contributed by atoms with Gasteiger partial charge in [0.05, 0.1) is 20.0 Å². The van der Waals surface area contributed by atoms with E-state index in [1.165, 1.54) is 38.4 Å². The fourth-order valence-corrected chi connectivity index (χ4v) is 3.57. The van der Waals surface area contributed by atoms with E-state index in [2.05, 4.69) is 5.32 Å². The monoisotopic (exact) mass is 450 g/mol. The van der Waals surface area contributed by atoms with Gasteiger partial charge in [0.25, 0.3) is 5.91 Å². The summed E-state index contributed by atoms with van der Waals surface area (Å²) in [7, 11) is -0.750. The Kier molecular flexibility index (Phi) is 6.99. The number of aryl methyl sites for hydroxylation is 1. The van der Waals surface area contributed by atoms with Gasteiger partial charge in [-0.1, -0.05) is 40.9 Å². The van der Waals surface area contributed by atoms with E-state index < -0.39 is 15.9 Å². The Bertz CT molecular complexity index is 978. The first-order valence-electron chi connectivity index (χ1n) is 7.62. The molecule has 0 unspecified atom stereocenters. The van der Waals surface area contributed by atoms with E-state index in [1.54, 1.807) is 13.0 Å². The van der Waals surface area contributed by atoms with Gasteiger partial charge in [-0.25, -0.2) is 12.7 Å².